The Balaban J connectivity index is 3.07. The first-order valence-corrected chi connectivity index (χ1v) is 4.17. The summed E-state index contributed by atoms with van der Waals surface area (Å²) in [7, 11) is 0. The molecule has 0 aromatic carbocycles. The smallest absolute Gasteiger partial charge is 0.207 e. The molecule has 0 aliphatic rings. The molecule has 0 unspecified atom stereocenters. The van der Waals surface area contributed by atoms with E-state index in [-0.39, 0.29) is 6.42 Å². The van der Waals surface area contributed by atoms with Crippen molar-refractivity contribution in [2.75, 3.05) is 11.5 Å². The summed E-state index contributed by atoms with van der Waals surface area (Å²) in [5.74, 6) is -0.974. The lowest BCUT2D eigenvalue weighted by Crippen LogP contribution is -2.10. The predicted molar refractivity (Wildman–Crippen MR) is 38.2 cm³/mol. The quantitative estimate of drug-likeness (QED) is 0.561. The normalized spacial score (nSPS) is 12.0. The topological polar surface area (TPSA) is 0 Å². The number of alkyl halides is 2. The zero-order valence-corrected chi connectivity index (χ0v) is 6.60. The Morgan fingerprint density at radius 1 is 1.44 bits per heavy atom. The SMILES string of the molecule is CCSCCC(C)(F)F. The van der Waals surface area contributed by atoms with Gasteiger partial charge >= 0.3 is 0 Å². The zero-order valence-electron chi connectivity index (χ0n) is 5.79. The van der Waals surface area contributed by atoms with E-state index in [0.29, 0.717) is 5.75 Å². The summed E-state index contributed by atoms with van der Waals surface area (Å²) in [4.78, 5) is 0. The van der Waals surface area contributed by atoms with Crippen LogP contribution in [-0.2, 0) is 0 Å². The van der Waals surface area contributed by atoms with Crippen molar-refractivity contribution >= 4 is 11.8 Å². The van der Waals surface area contributed by atoms with E-state index in [1.165, 1.54) is 0 Å². The second-order valence-electron chi connectivity index (χ2n) is 2.02. The van der Waals surface area contributed by atoms with Crippen molar-refractivity contribution in [2.45, 2.75) is 26.2 Å². The van der Waals surface area contributed by atoms with E-state index in [9.17, 15) is 8.78 Å². The summed E-state index contributed by atoms with van der Waals surface area (Å²) < 4.78 is 24.1. The summed E-state index contributed by atoms with van der Waals surface area (Å²) in [6.45, 7) is 2.93. The molecule has 0 bridgehead atoms. The average molecular weight is 154 g/mol. The summed E-state index contributed by atoms with van der Waals surface area (Å²) in [5, 5.41) is 0. The van der Waals surface area contributed by atoms with E-state index in [2.05, 4.69) is 0 Å². The predicted octanol–water partition coefficient (Wildman–Crippen LogP) is 2.78. The molecule has 56 valence electrons. The van der Waals surface area contributed by atoms with Gasteiger partial charge in [-0.1, -0.05) is 6.92 Å². The average Bonchev–Trinajstić information content (AvgIpc) is 1.63. The van der Waals surface area contributed by atoms with Gasteiger partial charge in [-0.3, -0.25) is 0 Å². The molecule has 0 aromatic heterocycles. The molecule has 0 rings (SSSR count). The number of halogens is 2. The molecule has 0 saturated heterocycles. The first kappa shape index (κ1) is 9.21. The third kappa shape index (κ3) is 8.21. The Hall–Kier alpha value is 0.210. The molecule has 0 heterocycles. The lowest BCUT2D eigenvalue weighted by atomic mass is 10.3. The van der Waals surface area contributed by atoms with Crippen molar-refractivity contribution in [3.63, 3.8) is 0 Å². The van der Waals surface area contributed by atoms with Gasteiger partial charge in [-0.2, -0.15) is 11.8 Å². The molecule has 0 aromatic rings. The van der Waals surface area contributed by atoms with Crippen LogP contribution in [0.3, 0.4) is 0 Å². The van der Waals surface area contributed by atoms with E-state index < -0.39 is 5.92 Å². The third-order valence-electron chi connectivity index (χ3n) is 0.890. The van der Waals surface area contributed by atoms with Gasteiger partial charge in [0.25, 0.3) is 0 Å². The number of rotatable bonds is 4. The molecule has 0 atom stereocenters. The Morgan fingerprint density at radius 3 is 2.33 bits per heavy atom. The fourth-order valence-corrected chi connectivity index (χ4v) is 1.19. The minimum Gasteiger partial charge on any atom is -0.207 e. The second kappa shape index (κ2) is 4.09. The minimum absolute atomic E-state index is 0.00546. The molecule has 0 aliphatic heterocycles. The van der Waals surface area contributed by atoms with Crippen molar-refractivity contribution in [3.05, 3.63) is 0 Å². The van der Waals surface area contributed by atoms with E-state index >= 15 is 0 Å². The molecule has 3 heteroatoms. The van der Waals surface area contributed by atoms with Gasteiger partial charge in [-0.15, -0.1) is 0 Å². The molecular weight excluding hydrogens is 142 g/mol. The van der Waals surface area contributed by atoms with Crippen LogP contribution in [0.15, 0.2) is 0 Å². The summed E-state index contributed by atoms with van der Waals surface area (Å²) >= 11 is 1.55. The van der Waals surface area contributed by atoms with Gasteiger partial charge < -0.3 is 0 Å². The highest BCUT2D eigenvalue weighted by molar-refractivity contribution is 7.99. The van der Waals surface area contributed by atoms with Crippen LogP contribution in [0.5, 0.6) is 0 Å². The van der Waals surface area contributed by atoms with Crippen LogP contribution in [0.1, 0.15) is 20.3 Å². The molecule has 0 radical (unpaired) electrons. The molecular formula is C6H12F2S. The monoisotopic (exact) mass is 154 g/mol. The van der Waals surface area contributed by atoms with Crippen LogP contribution >= 0.6 is 11.8 Å². The molecule has 0 amide bonds. The van der Waals surface area contributed by atoms with Gasteiger partial charge in [-0.25, -0.2) is 8.78 Å². The van der Waals surface area contributed by atoms with Crippen molar-refractivity contribution in [3.8, 4) is 0 Å². The fourth-order valence-electron chi connectivity index (χ4n) is 0.396. The number of hydrogen-bond acceptors (Lipinski definition) is 1. The van der Waals surface area contributed by atoms with Gasteiger partial charge in [-0.05, 0) is 18.4 Å². The summed E-state index contributed by atoms with van der Waals surface area (Å²) in [6.07, 6.45) is 0.00546. The Kier molecular flexibility index (Phi) is 4.19. The van der Waals surface area contributed by atoms with Gasteiger partial charge in [0.05, 0.1) is 0 Å². The molecule has 0 nitrogen and oxygen atoms in total. The Morgan fingerprint density at radius 2 is 2.00 bits per heavy atom. The van der Waals surface area contributed by atoms with Crippen LogP contribution in [0.4, 0.5) is 8.78 Å². The Bertz CT molecular complexity index is 67.9. The zero-order chi connectivity index (χ0) is 7.33. The highest BCUT2D eigenvalue weighted by atomic mass is 32.2. The van der Waals surface area contributed by atoms with Gasteiger partial charge in [0.2, 0.25) is 5.92 Å². The van der Waals surface area contributed by atoms with Crippen molar-refractivity contribution < 1.29 is 8.78 Å². The summed E-state index contributed by atoms with van der Waals surface area (Å²) in [5.41, 5.74) is 0. The van der Waals surface area contributed by atoms with E-state index in [0.717, 1.165) is 12.7 Å². The van der Waals surface area contributed by atoms with Crippen LogP contribution in [0.2, 0.25) is 0 Å². The van der Waals surface area contributed by atoms with Gasteiger partial charge in [0.1, 0.15) is 0 Å². The molecule has 0 saturated carbocycles. The fraction of sp³-hybridized carbons (Fsp3) is 1.00. The number of thioether (sulfide) groups is 1. The largest absolute Gasteiger partial charge is 0.246 e. The molecule has 0 N–H and O–H groups in total. The molecule has 0 aliphatic carbocycles. The molecule has 0 fully saturated rings. The minimum atomic E-state index is -2.47. The highest BCUT2D eigenvalue weighted by Gasteiger charge is 2.19. The van der Waals surface area contributed by atoms with Crippen LogP contribution in [0, 0.1) is 0 Å². The van der Waals surface area contributed by atoms with Crippen LogP contribution in [0.25, 0.3) is 0 Å². The third-order valence-corrected chi connectivity index (χ3v) is 1.79. The highest BCUT2D eigenvalue weighted by Crippen LogP contribution is 2.19. The second-order valence-corrected chi connectivity index (χ2v) is 3.41. The molecule has 9 heavy (non-hydrogen) atoms. The maximum atomic E-state index is 12.0. The maximum Gasteiger partial charge on any atom is 0.246 e. The molecule has 0 spiro atoms. The first-order chi connectivity index (χ1) is 4.06. The summed E-state index contributed by atoms with van der Waals surface area (Å²) in [6, 6.07) is 0. The maximum absolute atomic E-state index is 12.0. The lowest BCUT2D eigenvalue weighted by molar-refractivity contribution is 0.0194. The standard InChI is InChI=1S/C6H12F2S/c1-3-9-5-4-6(2,7)8/h3-5H2,1-2H3. The lowest BCUT2D eigenvalue weighted by Gasteiger charge is -2.07. The van der Waals surface area contributed by atoms with Crippen molar-refractivity contribution in [1.29, 1.82) is 0 Å². The first-order valence-electron chi connectivity index (χ1n) is 3.02. The number of hydrogen-bond donors (Lipinski definition) is 0. The van der Waals surface area contributed by atoms with E-state index in [1.54, 1.807) is 11.8 Å². The van der Waals surface area contributed by atoms with E-state index in [1.807, 2.05) is 6.92 Å². The van der Waals surface area contributed by atoms with Crippen molar-refractivity contribution in [1.82, 2.24) is 0 Å². The van der Waals surface area contributed by atoms with Gasteiger partial charge in [0.15, 0.2) is 0 Å². The Labute approximate surface area is 59.0 Å². The van der Waals surface area contributed by atoms with E-state index in [4.69, 9.17) is 0 Å². The van der Waals surface area contributed by atoms with Crippen LogP contribution < -0.4 is 0 Å². The van der Waals surface area contributed by atoms with Crippen molar-refractivity contribution in [2.24, 2.45) is 0 Å². The van der Waals surface area contributed by atoms with Crippen LogP contribution in [-0.4, -0.2) is 17.4 Å². The van der Waals surface area contributed by atoms with Gasteiger partial charge in [0, 0.05) is 6.42 Å².